The molecule has 254 valence electrons. The lowest BCUT2D eigenvalue weighted by Gasteiger charge is -2.17. The summed E-state index contributed by atoms with van der Waals surface area (Å²) in [5.41, 5.74) is 13.9. The maximum Gasteiger partial charge on any atom is 0.146 e. The van der Waals surface area contributed by atoms with Gasteiger partial charge in [-0.15, -0.1) is 0 Å². The van der Waals surface area contributed by atoms with E-state index < -0.39 is 5.60 Å². The molecule has 0 spiro atoms. The van der Waals surface area contributed by atoms with Crippen molar-refractivity contribution < 1.29 is 9.47 Å². The fourth-order valence-corrected chi connectivity index (χ4v) is 9.07. The summed E-state index contributed by atoms with van der Waals surface area (Å²) in [5.74, 6) is 0. The van der Waals surface area contributed by atoms with Gasteiger partial charge in [0.1, 0.15) is 17.8 Å². The van der Waals surface area contributed by atoms with Crippen molar-refractivity contribution in [2.45, 2.75) is 17.8 Å². The van der Waals surface area contributed by atoms with Gasteiger partial charge in [0.2, 0.25) is 0 Å². The quantitative estimate of drug-likeness (QED) is 0.162. The normalized spacial score (nSPS) is 22.0. The average Bonchev–Trinajstić information content (AvgIpc) is 4.05. The van der Waals surface area contributed by atoms with E-state index in [1.807, 2.05) is 97.1 Å². The van der Waals surface area contributed by atoms with Crippen LogP contribution in [-0.4, -0.2) is 12.7 Å². The summed E-state index contributed by atoms with van der Waals surface area (Å²) >= 11 is 39.5. The molecule has 4 aliphatic rings. The van der Waals surface area contributed by atoms with Gasteiger partial charge in [0, 0.05) is 30.1 Å². The molecule has 2 nitrogen and oxygen atoms in total. The van der Waals surface area contributed by atoms with Crippen LogP contribution < -0.4 is 0 Å². The van der Waals surface area contributed by atoms with E-state index in [1.54, 1.807) is 0 Å². The molecule has 0 saturated carbocycles. The molecule has 2 heterocycles. The van der Waals surface area contributed by atoms with Gasteiger partial charge < -0.3 is 9.47 Å². The number of ether oxygens (including phenoxy) is 2. The van der Waals surface area contributed by atoms with E-state index in [1.165, 1.54) is 0 Å². The van der Waals surface area contributed by atoms with Gasteiger partial charge in [-0.2, -0.15) is 0 Å². The van der Waals surface area contributed by atoms with E-state index in [0.717, 1.165) is 77.9 Å². The number of hydrogen-bond acceptors (Lipinski definition) is 2. The number of hydrogen-bond donors (Lipinski definition) is 0. The van der Waals surface area contributed by atoms with Crippen molar-refractivity contribution in [2.24, 2.45) is 0 Å². The Labute approximate surface area is 330 Å². The molecule has 0 radical (unpaired) electrons. The fourth-order valence-electron chi connectivity index (χ4n) is 8.03. The van der Waals surface area contributed by atoms with Crippen LogP contribution in [0.1, 0.15) is 50.6 Å². The molecule has 6 aromatic carbocycles. The number of halogens is 6. The monoisotopic (exact) mass is 794 g/mol. The lowest BCUT2D eigenvalue weighted by atomic mass is 9.85. The molecule has 2 saturated heterocycles. The van der Waals surface area contributed by atoms with E-state index in [0.29, 0.717) is 36.7 Å². The maximum atomic E-state index is 6.95. The highest BCUT2D eigenvalue weighted by Crippen LogP contribution is 2.63. The molecule has 2 aliphatic carbocycles. The molecule has 3 atom stereocenters. The summed E-state index contributed by atoms with van der Waals surface area (Å²) in [6.07, 6.45) is 3.78. The second-order valence-electron chi connectivity index (χ2n) is 13.5. The Balaban J connectivity index is 1.09. The minimum absolute atomic E-state index is 0.266. The number of epoxide rings is 2. The molecular weight excluding hydrogens is 773 g/mol. The zero-order chi connectivity index (χ0) is 35.5. The van der Waals surface area contributed by atoms with Gasteiger partial charge in [-0.05, 0) is 163 Å². The molecule has 3 unspecified atom stereocenters. The zero-order valence-electron chi connectivity index (χ0n) is 27.0. The topological polar surface area (TPSA) is 25.1 Å². The number of benzene rings is 6. The summed E-state index contributed by atoms with van der Waals surface area (Å²) in [4.78, 5) is 0. The second-order valence-corrected chi connectivity index (χ2v) is 16.2. The van der Waals surface area contributed by atoms with Crippen LogP contribution in [0.4, 0.5) is 0 Å². The van der Waals surface area contributed by atoms with Gasteiger partial charge in [0.15, 0.2) is 0 Å². The molecule has 6 aromatic rings. The molecular formula is C44H24Cl6O2. The van der Waals surface area contributed by atoms with E-state index in [9.17, 15) is 0 Å². The van der Waals surface area contributed by atoms with E-state index in [4.69, 9.17) is 79.1 Å². The van der Waals surface area contributed by atoms with Crippen LogP contribution in [0.5, 0.6) is 0 Å². The fraction of sp³-hybridized carbons (Fsp3) is 0.0909. The third-order valence-corrected chi connectivity index (χ3v) is 11.8. The zero-order valence-corrected chi connectivity index (χ0v) is 31.5. The molecule has 8 heteroatoms. The average molecular weight is 797 g/mol. The molecule has 0 bridgehead atoms. The predicted octanol–water partition coefficient (Wildman–Crippen LogP) is 14.1. The molecule has 0 amide bonds. The summed E-state index contributed by atoms with van der Waals surface area (Å²) in [5, 5.41) is 3.93. The SMILES string of the molecule is Clc1ccc(/C=C2\c3cc(Cl)ccc3-c3c2cc(Cl)cc3C2OC2C2(c3cc(Cl)cc4c3-c3ccc(Cl)cc3/C4=C\c3ccc(Cl)cc3)CO2)cc1. The number of fused-ring (bicyclic) bond motifs is 6. The van der Waals surface area contributed by atoms with Crippen LogP contribution in [0.15, 0.2) is 109 Å². The molecule has 2 fully saturated rings. The highest BCUT2D eigenvalue weighted by molar-refractivity contribution is 6.33. The van der Waals surface area contributed by atoms with Crippen LogP contribution in [0.3, 0.4) is 0 Å². The minimum Gasteiger partial charge on any atom is -0.361 e. The van der Waals surface area contributed by atoms with Gasteiger partial charge in [-0.3, -0.25) is 0 Å². The maximum absolute atomic E-state index is 6.95. The largest absolute Gasteiger partial charge is 0.361 e. The molecule has 10 rings (SSSR count). The van der Waals surface area contributed by atoms with Crippen LogP contribution in [0, 0.1) is 0 Å². The van der Waals surface area contributed by atoms with Crippen molar-refractivity contribution in [1.29, 1.82) is 0 Å². The Morgan fingerprint density at radius 1 is 0.481 bits per heavy atom. The van der Waals surface area contributed by atoms with E-state index in [-0.39, 0.29) is 12.2 Å². The van der Waals surface area contributed by atoms with Crippen molar-refractivity contribution in [3.8, 4) is 22.3 Å². The van der Waals surface area contributed by atoms with Crippen molar-refractivity contribution in [3.63, 3.8) is 0 Å². The van der Waals surface area contributed by atoms with Gasteiger partial charge in [-0.1, -0.05) is 106 Å². The van der Waals surface area contributed by atoms with E-state index >= 15 is 0 Å². The lowest BCUT2D eigenvalue weighted by Crippen LogP contribution is -2.19. The van der Waals surface area contributed by atoms with Gasteiger partial charge >= 0.3 is 0 Å². The predicted molar refractivity (Wildman–Crippen MR) is 216 cm³/mol. The van der Waals surface area contributed by atoms with Gasteiger partial charge in [0.25, 0.3) is 0 Å². The van der Waals surface area contributed by atoms with Gasteiger partial charge in [0.05, 0.1) is 6.61 Å². The van der Waals surface area contributed by atoms with Crippen LogP contribution in [-0.2, 0) is 15.1 Å². The first kappa shape index (κ1) is 33.1. The smallest absolute Gasteiger partial charge is 0.146 e. The van der Waals surface area contributed by atoms with Crippen molar-refractivity contribution in [3.05, 3.63) is 184 Å². The second kappa shape index (κ2) is 12.2. The third kappa shape index (κ3) is 5.39. The van der Waals surface area contributed by atoms with Gasteiger partial charge in [-0.25, -0.2) is 0 Å². The third-order valence-electron chi connectivity index (χ3n) is 10.4. The summed E-state index contributed by atoms with van der Waals surface area (Å²) in [7, 11) is 0. The van der Waals surface area contributed by atoms with Crippen LogP contribution in [0.25, 0.3) is 45.6 Å². The molecule has 0 N–H and O–H groups in total. The first-order valence-corrected chi connectivity index (χ1v) is 19.0. The molecule has 2 aliphatic heterocycles. The van der Waals surface area contributed by atoms with Crippen LogP contribution in [0.2, 0.25) is 30.1 Å². The Hall–Kier alpha value is -3.54. The first-order valence-electron chi connectivity index (χ1n) is 16.7. The summed E-state index contributed by atoms with van der Waals surface area (Å²) in [6.45, 7) is 0.497. The Bertz CT molecular complexity index is 2570. The van der Waals surface area contributed by atoms with Crippen molar-refractivity contribution in [2.75, 3.05) is 6.61 Å². The molecule has 52 heavy (non-hydrogen) atoms. The first-order chi connectivity index (χ1) is 25.2. The Morgan fingerprint density at radius 3 is 1.48 bits per heavy atom. The Kier molecular flexibility index (Phi) is 7.79. The minimum atomic E-state index is -0.703. The molecule has 0 aromatic heterocycles. The van der Waals surface area contributed by atoms with Crippen molar-refractivity contribution in [1.82, 2.24) is 0 Å². The van der Waals surface area contributed by atoms with E-state index in [2.05, 4.69) is 24.3 Å². The standard InChI is InChI=1S/C44H24Cl6O2/c45-24-5-1-22(2-6-24)13-32-34-15-26(47)9-11-30(34)40-36(32)17-28(49)19-38(40)42-43(52-42)44(21-51-44)39-20-29(50)18-37-33(14-23-3-7-25(46)8-4-23)35-16-27(48)10-12-31(35)41(37)39/h1-20,42-43H,21H2/b32-13+,33-14+. The highest BCUT2D eigenvalue weighted by atomic mass is 35.5. The highest BCUT2D eigenvalue weighted by Gasteiger charge is 2.66. The summed E-state index contributed by atoms with van der Waals surface area (Å²) < 4.78 is 13.1. The summed E-state index contributed by atoms with van der Waals surface area (Å²) in [6, 6.07) is 35.7. The van der Waals surface area contributed by atoms with Crippen molar-refractivity contribution >= 4 is 92.9 Å². The number of rotatable bonds is 5. The van der Waals surface area contributed by atoms with Crippen LogP contribution >= 0.6 is 69.6 Å². The lowest BCUT2D eigenvalue weighted by molar-refractivity contribution is 0.237. The Morgan fingerprint density at radius 2 is 0.942 bits per heavy atom.